The molecule has 1 aromatic heterocycles. The molecule has 1 heterocycles. The van der Waals surface area contributed by atoms with Crippen molar-refractivity contribution in [3.63, 3.8) is 0 Å². The molecule has 0 bridgehead atoms. The van der Waals surface area contributed by atoms with Gasteiger partial charge in [0.05, 0.1) is 33.2 Å². The molecule has 112 valence electrons. The highest BCUT2D eigenvalue weighted by molar-refractivity contribution is 7.99. The third-order valence-corrected chi connectivity index (χ3v) is 3.84. The Morgan fingerprint density at radius 1 is 1.29 bits per heavy atom. The summed E-state index contributed by atoms with van der Waals surface area (Å²) >= 11 is 1.14. The van der Waals surface area contributed by atoms with E-state index in [1.165, 1.54) is 4.90 Å². The van der Waals surface area contributed by atoms with Crippen LogP contribution in [0.15, 0.2) is 35.5 Å². The molecular weight excluding hydrogens is 288 g/mol. The average Bonchev–Trinajstić information content (AvgIpc) is 2.86. The van der Waals surface area contributed by atoms with Gasteiger partial charge < -0.3 is 14.8 Å². The summed E-state index contributed by atoms with van der Waals surface area (Å²) in [6, 6.07) is 9.77. The molecule has 21 heavy (non-hydrogen) atoms. The molecule has 0 saturated carbocycles. The summed E-state index contributed by atoms with van der Waals surface area (Å²) in [5, 5.41) is 19.6. The largest absolute Gasteiger partial charge is 0.549 e. The average molecular weight is 306 g/mol. The fourth-order valence-electron chi connectivity index (χ4n) is 1.86. The molecule has 6 nitrogen and oxygen atoms in total. The zero-order valence-electron chi connectivity index (χ0n) is 12.1. The molecule has 0 aliphatic rings. The van der Waals surface area contributed by atoms with Crippen molar-refractivity contribution in [1.82, 2.24) is 14.8 Å². The molecule has 0 radical (unpaired) electrons. The maximum absolute atomic E-state index is 10.6. The number of aromatic nitrogens is 3. The van der Waals surface area contributed by atoms with E-state index in [1.54, 1.807) is 0 Å². The third-order valence-electron chi connectivity index (χ3n) is 2.90. The van der Waals surface area contributed by atoms with E-state index in [9.17, 15) is 9.90 Å². The number of thioether (sulfide) groups is 1. The Balaban J connectivity index is 2.29. The number of quaternary nitrogens is 1. The number of carbonyl (C=O) groups excluding carboxylic acids is 1. The molecule has 0 unspecified atom stereocenters. The number of carbonyl (C=O) groups is 1. The van der Waals surface area contributed by atoms with Gasteiger partial charge in [0.15, 0.2) is 11.0 Å². The second kappa shape index (κ2) is 7.24. The van der Waals surface area contributed by atoms with Gasteiger partial charge in [-0.1, -0.05) is 42.1 Å². The first-order chi connectivity index (χ1) is 10.1. The van der Waals surface area contributed by atoms with E-state index in [0.717, 1.165) is 36.2 Å². The number of nitrogens with one attached hydrogen (secondary N) is 1. The van der Waals surface area contributed by atoms with Gasteiger partial charge in [0, 0.05) is 11.3 Å². The molecule has 1 aromatic carbocycles. The maximum Gasteiger partial charge on any atom is 0.192 e. The van der Waals surface area contributed by atoms with E-state index in [-0.39, 0.29) is 5.75 Å². The number of carboxylic acid groups (broad SMARTS) is 1. The molecule has 0 aliphatic heterocycles. The van der Waals surface area contributed by atoms with Gasteiger partial charge in [-0.25, -0.2) is 0 Å². The number of benzene rings is 1. The fraction of sp³-hybridized carbons (Fsp3) is 0.357. The van der Waals surface area contributed by atoms with Gasteiger partial charge in [-0.2, -0.15) is 0 Å². The molecule has 2 rings (SSSR count). The Hall–Kier alpha value is -1.86. The van der Waals surface area contributed by atoms with Crippen molar-refractivity contribution in [2.75, 3.05) is 26.4 Å². The quantitative estimate of drug-likeness (QED) is 0.660. The van der Waals surface area contributed by atoms with Crippen LogP contribution >= 0.6 is 11.8 Å². The first-order valence-electron chi connectivity index (χ1n) is 6.68. The lowest BCUT2D eigenvalue weighted by atomic mass is 10.2. The molecule has 1 N–H and O–H groups in total. The molecule has 7 heteroatoms. The summed E-state index contributed by atoms with van der Waals surface area (Å²) in [7, 11) is 4.14. The van der Waals surface area contributed by atoms with Crippen LogP contribution in [-0.2, 0) is 11.3 Å². The van der Waals surface area contributed by atoms with E-state index < -0.39 is 5.97 Å². The minimum atomic E-state index is -1.10. The zero-order valence-corrected chi connectivity index (χ0v) is 12.9. The highest BCUT2D eigenvalue weighted by Gasteiger charge is 2.14. The fourth-order valence-corrected chi connectivity index (χ4v) is 2.54. The van der Waals surface area contributed by atoms with Crippen LogP contribution in [0.2, 0.25) is 0 Å². The van der Waals surface area contributed by atoms with Crippen LogP contribution in [0.5, 0.6) is 0 Å². The van der Waals surface area contributed by atoms with Crippen molar-refractivity contribution in [2.24, 2.45) is 0 Å². The normalized spacial score (nSPS) is 11.0. The number of hydrogen-bond donors (Lipinski definition) is 1. The van der Waals surface area contributed by atoms with Crippen LogP contribution < -0.4 is 10.0 Å². The third kappa shape index (κ3) is 4.30. The van der Waals surface area contributed by atoms with Crippen molar-refractivity contribution >= 4 is 17.7 Å². The van der Waals surface area contributed by atoms with Crippen molar-refractivity contribution in [3.05, 3.63) is 30.3 Å². The highest BCUT2D eigenvalue weighted by Crippen LogP contribution is 2.23. The van der Waals surface area contributed by atoms with Crippen LogP contribution in [0.25, 0.3) is 11.4 Å². The number of rotatable bonds is 7. The smallest absolute Gasteiger partial charge is 0.192 e. The SMILES string of the molecule is C[NH+](C)CCn1c(SCC(=O)[O-])nnc1-c1ccccc1. The number of likely N-dealkylation sites (N-methyl/N-ethyl adjacent to an activating group) is 1. The molecule has 0 spiro atoms. The molecule has 0 amide bonds. The second-order valence-corrected chi connectivity index (χ2v) is 5.88. The number of aliphatic carboxylic acids is 1. The highest BCUT2D eigenvalue weighted by atomic mass is 32.2. The van der Waals surface area contributed by atoms with Crippen LogP contribution in [-0.4, -0.2) is 47.1 Å². The van der Waals surface area contributed by atoms with E-state index >= 15 is 0 Å². The summed E-state index contributed by atoms with van der Waals surface area (Å²) in [6.45, 7) is 1.63. The summed E-state index contributed by atoms with van der Waals surface area (Å²) in [5.74, 6) is -0.464. The Kier molecular flexibility index (Phi) is 5.35. The maximum atomic E-state index is 10.6. The molecular formula is C14H18N4O2S. The van der Waals surface area contributed by atoms with Gasteiger partial charge >= 0.3 is 0 Å². The van der Waals surface area contributed by atoms with Gasteiger partial charge in [0.1, 0.15) is 0 Å². The van der Waals surface area contributed by atoms with Gasteiger partial charge in [-0.3, -0.25) is 4.57 Å². The number of nitrogens with zero attached hydrogens (tertiary/aromatic N) is 3. The summed E-state index contributed by atoms with van der Waals surface area (Å²) in [5.41, 5.74) is 0.971. The summed E-state index contributed by atoms with van der Waals surface area (Å²) < 4.78 is 1.97. The van der Waals surface area contributed by atoms with Crippen LogP contribution in [0.1, 0.15) is 0 Å². The van der Waals surface area contributed by atoms with Crippen LogP contribution in [0, 0.1) is 0 Å². The molecule has 2 aromatic rings. The lowest BCUT2D eigenvalue weighted by molar-refractivity contribution is -0.859. The molecule has 0 aliphatic carbocycles. The zero-order chi connectivity index (χ0) is 15.2. The minimum Gasteiger partial charge on any atom is -0.549 e. The Morgan fingerprint density at radius 2 is 2.00 bits per heavy atom. The predicted molar refractivity (Wildman–Crippen MR) is 78.9 cm³/mol. The van der Waals surface area contributed by atoms with E-state index in [0.29, 0.717) is 5.16 Å². The molecule has 0 saturated heterocycles. The van der Waals surface area contributed by atoms with Crippen molar-refractivity contribution in [1.29, 1.82) is 0 Å². The van der Waals surface area contributed by atoms with Gasteiger partial charge in [-0.05, 0) is 0 Å². The Labute approximate surface area is 127 Å². The summed E-state index contributed by atoms with van der Waals surface area (Å²) in [6.07, 6.45) is 0. The number of carboxylic acids is 1. The first kappa shape index (κ1) is 15.5. The minimum absolute atomic E-state index is 0.123. The van der Waals surface area contributed by atoms with Gasteiger partial charge in [0.25, 0.3) is 0 Å². The topological polar surface area (TPSA) is 75.3 Å². The van der Waals surface area contributed by atoms with Crippen LogP contribution in [0.3, 0.4) is 0 Å². The van der Waals surface area contributed by atoms with Crippen LogP contribution in [0.4, 0.5) is 0 Å². The first-order valence-corrected chi connectivity index (χ1v) is 7.67. The van der Waals surface area contributed by atoms with Crippen molar-refractivity contribution < 1.29 is 14.8 Å². The second-order valence-electron chi connectivity index (χ2n) is 4.94. The monoisotopic (exact) mass is 306 g/mol. The van der Waals surface area contributed by atoms with Crippen molar-refractivity contribution in [3.8, 4) is 11.4 Å². The molecule has 0 fully saturated rings. The van der Waals surface area contributed by atoms with Gasteiger partial charge in [0.2, 0.25) is 0 Å². The van der Waals surface area contributed by atoms with E-state index in [2.05, 4.69) is 24.3 Å². The molecule has 0 atom stereocenters. The Morgan fingerprint density at radius 3 is 2.62 bits per heavy atom. The predicted octanol–water partition coefficient (Wildman–Crippen LogP) is -1.07. The van der Waals surface area contributed by atoms with Gasteiger partial charge in [-0.15, -0.1) is 10.2 Å². The van der Waals surface area contributed by atoms with Crippen molar-refractivity contribution in [2.45, 2.75) is 11.7 Å². The number of hydrogen-bond acceptors (Lipinski definition) is 5. The lowest BCUT2D eigenvalue weighted by Crippen LogP contribution is -3.06. The standard InChI is InChI=1S/C14H18N4O2S/c1-17(2)8-9-18-13(11-6-4-3-5-7-11)15-16-14(18)21-10-12(19)20/h3-7H,8-10H2,1-2H3,(H,19,20). The lowest BCUT2D eigenvalue weighted by Gasteiger charge is -2.12. The van der Waals surface area contributed by atoms with E-state index in [4.69, 9.17) is 0 Å². The Bertz CT molecular complexity index is 598. The summed E-state index contributed by atoms with van der Waals surface area (Å²) in [4.78, 5) is 11.9. The van der Waals surface area contributed by atoms with E-state index in [1.807, 2.05) is 34.9 Å².